The Bertz CT molecular complexity index is 1260. The van der Waals surface area contributed by atoms with Crippen molar-refractivity contribution in [3.05, 3.63) is 70.2 Å². The van der Waals surface area contributed by atoms with E-state index in [0.717, 1.165) is 16.9 Å². The molecule has 0 spiro atoms. The van der Waals surface area contributed by atoms with E-state index < -0.39 is 12.1 Å². The summed E-state index contributed by atoms with van der Waals surface area (Å²) in [6.07, 6.45) is 3.16. The van der Waals surface area contributed by atoms with Crippen LogP contribution in [0.2, 0.25) is 5.02 Å². The lowest BCUT2D eigenvalue weighted by atomic mass is 9.99. The Kier molecular flexibility index (Phi) is 4.37. The fourth-order valence-electron chi connectivity index (χ4n) is 3.85. The number of pyridine rings is 1. The summed E-state index contributed by atoms with van der Waals surface area (Å²) in [5, 5.41) is 15.0. The van der Waals surface area contributed by atoms with Crippen molar-refractivity contribution in [1.29, 1.82) is 0 Å². The van der Waals surface area contributed by atoms with Gasteiger partial charge in [0.15, 0.2) is 0 Å². The van der Waals surface area contributed by atoms with E-state index in [2.05, 4.69) is 20.1 Å². The highest BCUT2D eigenvalue weighted by Crippen LogP contribution is 2.35. The number of amides is 1. The summed E-state index contributed by atoms with van der Waals surface area (Å²) >= 11 is 6.33. The summed E-state index contributed by atoms with van der Waals surface area (Å²) in [4.78, 5) is 27.0. The van der Waals surface area contributed by atoms with E-state index in [0.29, 0.717) is 29.4 Å². The molecule has 0 aromatic carbocycles. The van der Waals surface area contributed by atoms with Crippen molar-refractivity contribution in [3.63, 3.8) is 0 Å². The molecule has 30 heavy (non-hydrogen) atoms. The number of aryl methyl sites for hydroxylation is 1. The molecule has 0 bridgehead atoms. The lowest BCUT2D eigenvalue weighted by Crippen LogP contribution is -2.41. The van der Waals surface area contributed by atoms with Gasteiger partial charge in [-0.2, -0.15) is 5.10 Å². The van der Waals surface area contributed by atoms with Crippen molar-refractivity contribution in [3.8, 4) is 0 Å². The van der Waals surface area contributed by atoms with Crippen LogP contribution in [0.1, 0.15) is 58.3 Å². The number of aromatic amines is 1. The maximum atomic E-state index is 13.5. The first kappa shape index (κ1) is 18.8. The zero-order valence-corrected chi connectivity index (χ0v) is 17.1. The third-order valence-corrected chi connectivity index (χ3v) is 5.62. The number of hydrogen-bond acceptors (Lipinski definition) is 6. The van der Waals surface area contributed by atoms with Gasteiger partial charge in [0, 0.05) is 24.9 Å². The van der Waals surface area contributed by atoms with Gasteiger partial charge in [0.1, 0.15) is 12.1 Å². The van der Waals surface area contributed by atoms with Crippen LogP contribution in [-0.4, -0.2) is 47.0 Å². The van der Waals surface area contributed by atoms with Gasteiger partial charge in [-0.15, -0.1) is 0 Å². The molecule has 0 aliphatic carbocycles. The van der Waals surface area contributed by atoms with Gasteiger partial charge in [0.25, 0.3) is 5.91 Å². The van der Waals surface area contributed by atoms with Crippen molar-refractivity contribution >= 4 is 23.0 Å². The maximum absolute atomic E-state index is 13.5. The maximum Gasteiger partial charge on any atom is 0.292 e. The zero-order chi connectivity index (χ0) is 21.0. The SMILES string of the molecule is Cc1nc([C@H](C)O)oc1C(=O)N1CCc2[nH]cnc2[C@@H]1c1cc2c(Cl)cccn2n1. The molecule has 0 radical (unpaired) electrons. The van der Waals surface area contributed by atoms with E-state index in [-0.39, 0.29) is 17.6 Å². The van der Waals surface area contributed by atoms with Crippen LogP contribution in [0.4, 0.5) is 0 Å². The Hall–Kier alpha value is -3.17. The van der Waals surface area contributed by atoms with Gasteiger partial charge in [-0.3, -0.25) is 4.79 Å². The Morgan fingerprint density at radius 1 is 1.47 bits per heavy atom. The number of H-pyrrole nitrogens is 1. The number of halogens is 1. The highest BCUT2D eigenvalue weighted by atomic mass is 35.5. The summed E-state index contributed by atoms with van der Waals surface area (Å²) in [6.45, 7) is 3.68. The van der Waals surface area contributed by atoms with Crippen LogP contribution in [0.3, 0.4) is 0 Å². The summed E-state index contributed by atoms with van der Waals surface area (Å²) in [7, 11) is 0. The zero-order valence-electron chi connectivity index (χ0n) is 16.3. The first-order valence-electron chi connectivity index (χ1n) is 9.56. The van der Waals surface area contributed by atoms with Crippen LogP contribution in [-0.2, 0) is 6.42 Å². The molecular weight excluding hydrogens is 408 g/mol. The second-order valence-corrected chi connectivity index (χ2v) is 7.72. The number of carbonyl (C=O) groups is 1. The molecule has 1 aliphatic rings. The lowest BCUT2D eigenvalue weighted by Gasteiger charge is -2.33. The molecule has 5 rings (SSSR count). The minimum atomic E-state index is -0.902. The Balaban J connectivity index is 1.62. The molecule has 0 unspecified atom stereocenters. The van der Waals surface area contributed by atoms with Crippen LogP contribution in [0.5, 0.6) is 0 Å². The number of aromatic nitrogens is 5. The molecule has 10 heteroatoms. The highest BCUT2D eigenvalue weighted by molar-refractivity contribution is 6.33. The molecule has 1 aliphatic heterocycles. The van der Waals surface area contributed by atoms with Gasteiger partial charge in [-0.1, -0.05) is 11.6 Å². The molecule has 0 fully saturated rings. The smallest absolute Gasteiger partial charge is 0.292 e. The van der Waals surface area contributed by atoms with Gasteiger partial charge < -0.3 is 19.4 Å². The summed E-state index contributed by atoms with van der Waals surface area (Å²) < 4.78 is 7.28. The van der Waals surface area contributed by atoms with E-state index in [1.54, 1.807) is 41.9 Å². The molecular formula is C20H19ClN6O3. The number of fused-ring (bicyclic) bond motifs is 2. The number of nitrogens with zero attached hydrogens (tertiary/aromatic N) is 5. The first-order valence-corrected chi connectivity index (χ1v) is 9.94. The number of imidazole rings is 1. The van der Waals surface area contributed by atoms with E-state index in [9.17, 15) is 9.90 Å². The van der Waals surface area contributed by atoms with Gasteiger partial charge in [-0.25, -0.2) is 14.5 Å². The third-order valence-electron chi connectivity index (χ3n) is 5.30. The van der Waals surface area contributed by atoms with Crippen molar-refractivity contribution in [1.82, 2.24) is 29.5 Å². The Morgan fingerprint density at radius 2 is 2.30 bits per heavy atom. The average molecular weight is 427 g/mol. The summed E-state index contributed by atoms with van der Waals surface area (Å²) in [5.74, 6) is -0.102. The van der Waals surface area contributed by atoms with Crippen molar-refractivity contribution in [2.45, 2.75) is 32.4 Å². The predicted octanol–water partition coefficient (Wildman–Crippen LogP) is 2.85. The van der Waals surface area contributed by atoms with Crippen LogP contribution < -0.4 is 0 Å². The third kappa shape index (κ3) is 2.89. The quantitative estimate of drug-likeness (QED) is 0.521. The second kappa shape index (κ2) is 6.96. The largest absolute Gasteiger partial charge is 0.432 e. The molecule has 154 valence electrons. The Labute approximate surface area is 176 Å². The lowest BCUT2D eigenvalue weighted by molar-refractivity contribution is 0.0644. The molecule has 0 saturated heterocycles. The fourth-order valence-corrected chi connectivity index (χ4v) is 4.07. The molecule has 5 heterocycles. The molecule has 4 aromatic heterocycles. The van der Waals surface area contributed by atoms with Gasteiger partial charge in [0.05, 0.1) is 33.9 Å². The summed E-state index contributed by atoms with van der Waals surface area (Å²) in [5.41, 5.74) is 3.53. The molecule has 1 amide bonds. The number of aliphatic hydroxyl groups is 1. The average Bonchev–Trinajstić information content (AvgIpc) is 3.44. The number of rotatable bonds is 3. The minimum absolute atomic E-state index is 0.108. The molecule has 9 nitrogen and oxygen atoms in total. The molecule has 0 saturated carbocycles. The van der Waals surface area contributed by atoms with Crippen molar-refractivity contribution in [2.75, 3.05) is 6.54 Å². The van der Waals surface area contributed by atoms with E-state index in [1.165, 1.54) is 0 Å². The van der Waals surface area contributed by atoms with Crippen LogP contribution in [0, 0.1) is 6.92 Å². The van der Waals surface area contributed by atoms with Crippen molar-refractivity contribution < 1.29 is 14.3 Å². The van der Waals surface area contributed by atoms with Crippen molar-refractivity contribution in [2.24, 2.45) is 0 Å². The standard InChI is InChI=1S/C20H19ClN6O3/c1-10-18(30-19(24-10)11(2)28)20(29)26-7-5-13-16(23-9-22-13)17(26)14-8-15-12(21)4-3-6-27(15)25-14/h3-4,6,8-9,11,17,28H,5,7H2,1-2H3,(H,22,23)/t11-,17-/m0/s1. The molecule has 2 N–H and O–H groups in total. The second-order valence-electron chi connectivity index (χ2n) is 7.32. The number of aliphatic hydroxyl groups excluding tert-OH is 1. The highest BCUT2D eigenvalue weighted by Gasteiger charge is 2.38. The van der Waals surface area contributed by atoms with E-state index in [1.807, 2.05) is 12.1 Å². The minimum Gasteiger partial charge on any atom is -0.432 e. The van der Waals surface area contributed by atoms with Crippen LogP contribution in [0.15, 0.2) is 35.1 Å². The van der Waals surface area contributed by atoms with E-state index >= 15 is 0 Å². The first-order chi connectivity index (χ1) is 14.4. The number of nitrogens with one attached hydrogen (secondary N) is 1. The number of hydrogen-bond donors (Lipinski definition) is 2. The van der Waals surface area contributed by atoms with Crippen LogP contribution >= 0.6 is 11.6 Å². The van der Waals surface area contributed by atoms with Gasteiger partial charge >= 0.3 is 0 Å². The fraction of sp³-hybridized carbons (Fsp3) is 0.300. The number of oxazole rings is 1. The molecule has 2 atom stereocenters. The van der Waals surface area contributed by atoms with Crippen LogP contribution in [0.25, 0.3) is 5.52 Å². The normalized spacial score (nSPS) is 17.3. The Morgan fingerprint density at radius 3 is 3.03 bits per heavy atom. The van der Waals surface area contributed by atoms with Gasteiger partial charge in [0.2, 0.25) is 11.7 Å². The monoisotopic (exact) mass is 426 g/mol. The number of carbonyl (C=O) groups excluding carboxylic acids is 1. The predicted molar refractivity (Wildman–Crippen MR) is 107 cm³/mol. The van der Waals surface area contributed by atoms with E-state index in [4.69, 9.17) is 16.0 Å². The van der Waals surface area contributed by atoms with Gasteiger partial charge in [-0.05, 0) is 32.0 Å². The topological polar surface area (TPSA) is 113 Å². The summed E-state index contributed by atoms with van der Waals surface area (Å²) in [6, 6.07) is 4.96. The molecule has 4 aromatic rings.